The van der Waals surface area contributed by atoms with Gasteiger partial charge in [-0.15, -0.1) is 0 Å². The number of para-hydroxylation sites is 1. The van der Waals surface area contributed by atoms with Crippen molar-refractivity contribution in [1.82, 2.24) is 5.32 Å². The second-order valence-corrected chi connectivity index (χ2v) is 8.02. The topological polar surface area (TPSA) is 38.3 Å². The molecule has 3 nitrogen and oxygen atoms in total. The SMILES string of the molecule is CC(C)(C)c1ccccc1OCCNC(=O)CCc1ccc(Cl)cc1Cl. The van der Waals surface area contributed by atoms with Crippen LogP contribution in [0.5, 0.6) is 5.75 Å². The molecule has 0 radical (unpaired) electrons. The van der Waals surface area contributed by atoms with Crippen molar-refractivity contribution < 1.29 is 9.53 Å². The van der Waals surface area contributed by atoms with Crippen LogP contribution in [-0.2, 0) is 16.6 Å². The summed E-state index contributed by atoms with van der Waals surface area (Å²) in [6, 6.07) is 13.3. The minimum atomic E-state index is -0.0243. The van der Waals surface area contributed by atoms with Crippen molar-refractivity contribution in [2.75, 3.05) is 13.2 Å². The number of benzene rings is 2. The van der Waals surface area contributed by atoms with Crippen LogP contribution < -0.4 is 10.1 Å². The van der Waals surface area contributed by atoms with Gasteiger partial charge in [-0.05, 0) is 41.2 Å². The molecule has 1 amide bonds. The van der Waals surface area contributed by atoms with Gasteiger partial charge in [0.25, 0.3) is 0 Å². The van der Waals surface area contributed by atoms with Crippen LogP contribution in [0.3, 0.4) is 0 Å². The zero-order valence-electron chi connectivity index (χ0n) is 15.4. The van der Waals surface area contributed by atoms with Crippen LogP contribution in [0.1, 0.15) is 38.3 Å². The number of hydrogen-bond donors (Lipinski definition) is 1. The lowest BCUT2D eigenvalue weighted by Crippen LogP contribution is -2.28. The highest BCUT2D eigenvalue weighted by Crippen LogP contribution is 2.30. The smallest absolute Gasteiger partial charge is 0.220 e. The molecular weight excluding hydrogens is 369 g/mol. The molecular formula is C21H25Cl2NO2. The Hall–Kier alpha value is -1.71. The first-order chi connectivity index (χ1) is 12.3. The van der Waals surface area contributed by atoms with E-state index in [2.05, 4.69) is 32.2 Å². The highest BCUT2D eigenvalue weighted by Gasteiger charge is 2.18. The molecule has 0 unspecified atom stereocenters. The van der Waals surface area contributed by atoms with Gasteiger partial charge >= 0.3 is 0 Å². The van der Waals surface area contributed by atoms with Gasteiger partial charge in [0.2, 0.25) is 5.91 Å². The fourth-order valence-electron chi connectivity index (χ4n) is 2.62. The van der Waals surface area contributed by atoms with Crippen molar-refractivity contribution in [3.8, 4) is 5.75 Å². The molecule has 0 spiro atoms. The number of ether oxygens (including phenoxy) is 1. The van der Waals surface area contributed by atoms with Crippen LogP contribution in [0, 0.1) is 0 Å². The Kier molecular flexibility index (Phi) is 7.36. The monoisotopic (exact) mass is 393 g/mol. The van der Waals surface area contributed by atoms with E-state index in [1.807, 2.05) is 24.3 Å². The molecule has 140 valence electrons. The molecule has 26 heavy (non-hydrogen) atoms. The maximum atomic E-state index is 12.0. The minimum Gasteiger partial charge on any atom is -0.491 e. The van der Waals surface area contributed by atoms with E-state index in [1.54, 1.807) is 12.1 Å². The quantitative estimate of drug-likeness (QED) is 0.637. The van der Waals surface area contributed by atoms with Crippen molar-refractivity contribution >= 4 is 29.1 Å². The first-order valence-corrected chi connectivity index (χ1v) is 9.46. The van der Waals surface area contributed by atoms with Gasteiger partial charge < -0.3 is 10.1 Å². The number of carbonyl (C=O) groups is 1. The molecule has 1 N–H and O–H groups in total. The number of nitrogens with one attached hydrogen (secondary N) is 1. The maximum Gasteiger partial charge on any atom is 0.220 e. The molecule has 0 aromatic heterocycles. The third-order valence-corrected chi connectivity index (χ3v) is 4.60. The van der Waals surface area contributed by atoms with E-state index in [0.717, 1.165) is 16.9 Å². The number of rotatable bonds is 7. The van der Waals surface area contributed by atoms with Crippen molar-refractivity contribution in [3.05, 3.63) is 63.6 Å². The second-order valence-electron chi connectivity index (χ2n) is 7.18. The van der Waals surface area contributed by atoms with Crippen LogP contribution in [-0.4, -0.2) is 19.1 Å². The standard InChI is InChI=1S/C21H25Cl2NO2/c1-21(2,3)17-6-4-5-7-19(17)26-13-12-24-20(25)11-9-15-8-10-16(22)14-18(15)23/h4-8,10,14H,9,11-13H2,1-3H3,(H,24,25). The lowest BCUT2D eigenvalue weighted by Gasteiger charge is -2.22. The Morgan fingerprint density at radius 2 is 1.85 bits per heavy atom. The van der Waals surface area contributed by atoms with Crippen LogP contribution in [0.2, 0.25) is 10.0 Å². The zero-order chi connectivity index (χ0) is 19.2. The van der Waals surface area contributed by atoms with Gasteiger partial charge in [-0.2, -0.15) is 0 Å². The summed E-state index contributed by atoms with van der Waals surface area (Å²) < 4.78 is 5.86. The van der Waals surface area contributed by atoms with E-state index < -0.39 is 0 Å². The Balaban J connectivity index is 1.76. The lowest BCUT2D eigenvalue weighted by atomic mass is 9.86. The molecule has 0 aliphatic heterocycles. The van der Waals surface area contributed by atoms with Crippen molar-refractivity contribution in [2.24, 2.45) is 0 Å². The zero-order valence-corrected chi connectivity index (χ0v) is 17.0. The molecule has 5 heteroatoms. The van der Waals surface area contributed by atoms with E-state index in [4.69, 9.17) is 27.9 Å². The normalized spacial score (nSPS) is 11.3. The molecule has 0 heterocycles. The summed E-state index contributed by atoms with van der Waals surface area (Å²) in [7, 11) is 0. The molecule has 0 saturated heterocycles. The average Bonchev–Trinajstić information content (AvgIpc) is 2.57. The van der Waals surface area contributed by atoms with Crippen molar-refractivity contribution in [1.29, 1.82) is 0 Å². The van der Waals surface area contributed by atoms with E-state index in [0.29, 0.717) is 36.0 Å². The molecule has 2 aromatic rings. The van der Waals surface area contributed by atoms with Crippen LogP contribution in [0.25, 0.3) is 0 Å². The number of halogens is 2. The number of amides is 1. The predicted molar refractivity (Wildman–Crippen MR) is 108 cm³/mol. The molecule has 0 bridgehead atoms. The summed E-state index contributed by atoms with van der Waals surface area (Å²) in [5, 5.41) is 4.06. The number of carbonyl (C=O) groups excluding carboxylic acids is 1. The third kappa shape index (κ3) is 6.22. The van der Waals surface area contributed by atoms with Crippen LogP contribution in [0.4, 0.5) is 0 Å². The van der Waals surface area contributed by atoms with Gasteiger partial charge in [0, 0.05) is 16.5 Å². The average molecular weight is 394 g/mol. The summed E-state index contributed by atoms with van der Waals surface area (Å²) in [5.41, 5.74) is 2.09. The fraction of sp³-hybridized carbons (Fsp3) is 0.381. The van der Waals surface area contributed by atoms with Crippen LogP contribution in [0.15, 0.2) is 42.5 Å². The summed E-state index contributed by atoms with van der Waals surface area (Å²) in [6.45, 7) is 7.35. The molecule has 2 rings (SSSR count). The molecule has 0 fully saturated rings. The van der Waals surface area contributed by atoms with Gasteiger partial charge in [0.1, 0.15) is 12.4 Å². The van der Waals surface area contributed by atoms with E-state index in [9.17, 15) is 4.79 Å². The van der Waals surface area contributed by atoms with E-state index in [1.165, 1.54) is 0 Å². The van der Waals surface area contributed by atoms with Crippen LogP contribution >= 0.6 is 23.2 Å². The van der Waals surface area contributed by atoms with Gasteiger partial charge in [0.15, 0.2) is 0 Å². The summed E-state index contributed by atoms with van der Waals surface area (Å²) in [5.74, 6) is 0.839. The molecule has 0 aliphatic rings. The predicted octanol–water partition coefficient (Wildman–Crippen LogP) is 5.42. The summed E-state index contributed by atoms with van der Waals surface area (Å²) in [4.78, 5) is 12.0. The Bertz CT molecular complexity index is 754. The highest BCUT2D eigenvalue weighted by atomic mass is 35.5. The Morgan fingerprint density at radius 1 is 1.12 bits per heavy atom. The van der Waals surface area contributed by atoms with Gasteiger partial charge in [0.05, 0.1) is 6.54 Å². The van der Waals surface area contributed by atoms with Crippen molar-refractivity contribution in [2.45, 2.75) is 39.0 Å². The first-order valence-electron chi connectivity index (χ1n) is 8.70. The molecule has 0 aliphatic carbocycles. The van der Waals surface area contributed by atoms with E-state index in [-0.39, 0.29) is 11.3 Å². The fourth-order valence-corrected chi connectivity index (χ4v) is 3.13. The minimum absolute atomic E-state index is 0.0116. The highest BCUT2D eigenvalue weighted by molar-refractivity contribution is 6.35. The van der Waals surface area contributed by atoms with E-state index >= 15 is 0 Å². The van der Waals surface area contributed by atoms with Crippen molar-refractivity contribution in [3.63, 3.8) is 0 Å². The number of hydrogen-bond acceptors (Lipinski definition) is 2. The molecule has 2 aromatic carbocycles. The largest absolute Gasteiger partial charge is 0.491 e. The molecule has 0 saturated carbocycles. The maximum absolute atomic E-state index is 12.0. The molecule has 0 atom stereocenters. The lowest BCUT2D eigenvalue weighted by molar-refractivity contribution is -0.121. The van der Waals surface area contributed by atoms with Gasteiger partial charge in [-0.25, -0.2) is 0 Å². The summed E-state index contributed by atoms with van der Waals surface area (Å²) in [6.07, 6.45) is 0.954. The number of aryl methyl sites for hydroxylation is 1. The second kappa shape index (κ2) is 9.29. The summed E-state index contributed by atoms with van der Waals surface area (Å²) >= 11 is 12.0. The Morgan fingerprint density at radius 3 is 2.54 bits per heavy atom. The van der Waals surface area contributed by atoms with Gasteiger partial charge in [-0.3, -0.25) is 4.79 Å². The Labute approximate surface area is 165 Å². The third-order valence-electron chi connectivity index (χ3n) is 4.01. The van der Waals surface area contributed by atoms with Gasteiger partial charge in [-0.1, -0.05) is 68.2 Å². The first kappa shape index (κ1) is 20.6.